The number of hydrazone groups is 1. The summed E-state index contributed by atoms with van der Waals surface area (Å²) in [5.41, 5.74) is 7.68. The van der Waals surface area contributed by atoms with Gasteiger partial charge in [0.15, 0.2) is 0 Å². The topological polar surface area (TPSA) is 49.3 Å². The molecule has 3 rings (SSSR count). The second-order valence-corrected chi connectivity index (χ2v) is 5.12. The van der Waals surface area contributed by atoms with Crippen molar-refractivity contribution in [1.29, 1.82) is 0 Å². The fraction of sp³-hybridized carbons (Fsp3) is 0.231. The number of benzene rings is 1. The summed E-state index contributed by atoms with van der Waals surface area (Å²) >= 11 is 1.56. The third-order valence-electron chi connectivity index (χ3n) is 2.83. The van der Waals surface area contributed by atoms with Crippen molar-refractivity contribution in [2.45, 2.75) is 13.3 Å². The number of nitrogens with one attached hydrogen (secondary N) is 2. The van der Waals surface area contributed by atoms with Crippen LogP contribution in [0.1, 0.15) is 16.8 Å². The molecule has 1 aromatic carbocycles. The number of aromatic nitrogens is 1. The molecule has 1 aliphatic heterocycles. The molecule has 0 unspecified atom stereocenters. The van der Waals surface area contributed by atoms with Crippen LogP contribution in [0.4, 0.5) is 10.8 Å². The number of nitrogens with zero attached hydrogens (tertiary/aromatic N) is 2. The van der Waals surface area contributed by atoms with E-state index in [1.54, 1.807) is 11.3 Å². The molecule has 2 aromatic rings. The highest BCUT2D eigenvalue weighted by molar-refractivity contribution is 7.13. The molecule has 2 N–H and O–H groups in total. The van der Waals surface area contributed by atoms with Crippen LogP contribution in [0.3, 0.4) is 0 Å². The zero-order valence-electron chi connectivity index (χ0n) is 10.1. The summed E-state index contributed by atoms with van der Waals surface area (Å²) in [4.78, 5) is 4.28. The van der Waals surface area contributed by atoms with Gasteiger partial charge in [-0.05, 0) is 36.6 Å². The lowest BCUT2D eigenvalue weighted by Gasteiger charge is -2.00. The maximum absolute atomic E-state index is 4.28. The van der Waals surface area contributed by atoms with E-state index in [1.165, 1.54) is 11.3 Å². The smallest absolute Gasteiger partial charge is 0.203 e. The van der Waals surface area contributed by atoms with Crippen molar-refractivity contribution in [2.24, 2.45) is 5.10 Å². The SMILES string of the molecule is Cc1csc(NN=Cc2ccc3c(c2)CCN3)n1. The number of anilines is 2. The van der Waals surface area contributed by atoms with E-state index in [2.05, 4.69) is 39.0 Å². The molecule has 5 heteroatoms. The average molecular weight is 258 g/mol. The summed E-state index contributed by atoms with van der Waals surface area (Å²) in [6.07, 6.45) is 2.92. The Bertz CT molecular complexity index is 588. The van der Waals surface area contributed by atoms with Crippen LogP contribution in [-0.2, 0) is 6.42 Å². The Morgan fingerprint density at radius 3 is 3.28 bits per heavy atom. The minimum absolute atomic E-state index is 0.826. The molecule has 18 heavy (non-hydrogen) atoms. The number of rotatable bonds is 3. The van der Waals surface area contributed by atoms with Crippen LogP contribution in [0.15, 0.2) is 28.7 Å². The van der Waals surface area contributed by atoms with Crippen LogP contribution in [0.25, 0.3) is 0 Å². The fourth-order valence-electron chi connectivity index (χ4n) is 1.97. The first kappa shape index (κ1) is 11.2. The monoisotopic (exact) mass is 258 g/mol. The van der Waals surface area contributed by atoms with E-state index in [0.717, 1.165) is 29.4 Å². The molecule has 0 bridgehead atoms. The predicted octanol–water partition coefficient (Wildman–Crippen LogP) is 2.87. The van der Waals surface area contributed by atoms with Crippen LogP contribution in [0.5, 0.6) is 0 Å². The minimum Gasteiger partial charge on any atom is -0.384 e. The Morgan fingerprint density at radius 1 is 1.50 bits per heavy atom. The van der Waals surface area contributed by atoms with Crippen molar-refractivity contribution in [2.75, 3.05) is 17.3 Å². The van der Waals surface area contributed by atoms with E-state index in [9.17, 15) is 0 Å². The summed E-state index contributed by atoms with van der Waals surface area (Å²) in [7, 11) is 0. The quantitative estimate of drug-likeness (QED) is 0.657. The molecule has 1 aromatic heterocycles. The van der Waals surface area contributed by atoms with E-state index >= 15 is 0 Å². The molecule has 1 aliphatic rings. The number of aryl methyl sites for hydroxylation is 1. The van der Waals surface area contributed by atoms with E-state index in [1.807, 2.05) is 18.5 Å². The maximum atomic E-state index is 4.28. The molecule has 0 saturated carbocycles. The fourth-order valence-corrected chi connectivity index (χ4v) is 2.61. The molecule has 0 fully saturated rings. The lowest BCUT2D eigenvalue weighted by atomic mass is 10.1. The van der Waals surface area contributed by atoms with Crippen LogP contribution in [-0.4, -0.2) is 17.7 Å². The summed E-state index contributed by atoms with van der Waals surface area (Å²) in [5, 5.41) is 10.4. The lowest BCUT2D eigenvalue weighted by Crippen LogP contribution is -1.91. The molecular weight excluding hydrogens is 244 g/mol. The van der Waals surface area contributed by atoms with Gasteiger partial charge in [0.1, 0.15) is 0 Å². The first-order valence-corrected chi connectivity index (χ1v) is 6.77. The second kappa shape index (κ2) is 4.78. The zero-order chi connectivity index (χ0) is 12.4. The van der Waals surface area contributed by atoms with Gasteiger partial charge in [0, 0.05) is 17.6 Å². The number of hydrogen-bond donors (Lipinski definition) is 2. The Kier molecular flexibility index (Phi) is 2.98. The minimum atomic E-state index is 0.826. The van der Waals surface area contributed by atoms with E-state index in [0.29, 0.717) is 0 Å². The Hall–Kier alpha value is -1.88. The lowest BCUT2D eigenvalue weighted by molar-refractivity contribution is 1.11. The van der Waals surface area contributed by atoms with Gasteiger partial charge in [-0.2, -0.15) is 5.10 Å². The molecule has 2 heterocycles. The highest BCUT2D eigenvalue weighted by atomic mass is 32.1. The average Bonchev–Trinajstić information content (AvgIpc) is 2.97. The van der Waals surface area contributed by atoms with Crippen LogP contribution < -0.4 is 10.7 Å². The van der Waals surface area contributed by atoms with Gasteiger partial charge in [-0.25, -0.2) is 4.98 Å². The first-order chi connectivity index (χ1) is 8.81. The summed E-state index contributed by atoms with van der Waals surface area (Å²) in [6.45, 7) is 3.01. The normalized spacial score (nSPS) is 13.6. The molecular formula is C13H14N4S. The van der Waals surface area contributed by atoms with Gasteiger partial charge < -0.3 is 5.32 Å². The molecule has 4 nitrogen and oxygen atoms in total. The van der Waals surface area contributed by atoms with E-state index in [4.69, 9.17) is 0 Å². The molecule has 0 aliphatic carbocycles. The highest BCUT2D eigenvalue weighted by Gasteiger charge is 2.08. The second-order valence-electron chi connectivity index (χ2n) is 4.26. The van der Waals surface area contributed by atoms with Gasteiger partial charge in [-0.3, -0.25) is 5.43 Å². The summed E-state index contributed by atoms with van der Waals surface area (Å²) in [5.74, 6) is 0. The summed E-state index contributed by atoms with van der Waals surface area (Å²) in [6, 6.07) is 6.35. The third kappa shape index (κ3) is 2.36. The van der Waals surface area contributed by atoms with Gasteiger partial charge in [-0.15, -0.1) is 11.3 Å². The van der Waals surface area contributed by atoms with Gasteiger partial charge in [0.05, 0.1) is 11.9 Å². The number of fused-ring (bicyclic) bond motifs is 1. The van der Waals surface area contributed by atoms with Crippen LogP contribution in [0, 0.1) is 6.92 Å². The van der Waals surface area contributed by atoms with E-state index < -0.39 is 0 Å². The highest BCUT2D eigenvalue weighted by Crippen LogP contribution is 2.22. The van der Waals surface area contributed by atoms with Gasteiger partial charge in [-0.1, -0.05) is 6.07 Å². The van der Waals surface area contributed by atoms with Crippen molar-refractivity contribution in [3.63, 3.8) is 0 Å². The molecule has 0 saturated heterocycles. The Labute approximate surface area is 110 Å². The molecule has 0 atom stereocenters. The number of hydrogen-bond acceptors (Lipinski definition) is 5. The summed E-state index contributed by atoms with van der Waals surface area (Å²) < 4.78 is 0. The number of thiazole rings is 1. The molecule has 0 amide bonds. The standard InChI is InChI=1S/C13H14N4S/c1-9-8-18-13(16-9)17-15-7-10-2-3-12-11(6-10)4-5-14-12/h2-3,6-8,14H,4-5H2,1H3,(H,16,17). The van der Waals surface area contributed by atoms with Gasteiger partial charge >= 0.3 is 0 Å². The van der Waals surface area contributed by atoms with Crippen molar-refractivity contribution < 1.29 is 0 Å². The third-order valence-corrected chi connectivity index (χ3v) is 3.70. The van der Waals surface area contributed by atoms with Gasteiger partial charge in [0.25, 0.3) is 0 Å². The predicted molar refractivity (Wildman–Crippen MR) is 76.7 cm³/mol. The van der Waals surface area contributed by atoms with Crippen molar-refractivity contribution in [3.8, 4) is 0 Å². The van der Waals surface area contributed by atoms with Gasteiger partial charge in [0.2, 0.25) is 5.13 Å². The van der Waals surface area contributed by atoms with Crippen molar-refractivity contribution in [1.82, 2.24) is 4.98 Å². The van der Waals surface area contributed by atoms with Crippen LogP contribution in [0.2, 0.25) is 0 Å². The van der Waals surface area contributed by atoms with Crippen molar-refractivity contribution >= 4 is 28.4 Å². The Morgan fingerprint density at radius 2 is 2.44 bits per heavy atom. The molecule has 0 spiro atoms. The Balaban J connectivity index is 1.69. The first-order valence-electron chi connectivity index (χ1n) is 5.89. The van der Waals surface area contributed by atoms with Crippen molar-refractivity contribution in [3.05, 3.63) is 40.4 Å². The zero-order valence-corrected chi connectivity index (χ0v) is 10.9. The maximum Gasteiger partial charge on any atom is 0.203 e. The van der Waals surface area contributed by atoms with E-state index in [-0.39, 0.29) is 0 Å². The largest absolute Gasteiger partial charge is 0.384 e. The van der Waals surface area contributed by atoms with Crippen LogP contribution >= 0.6 is 11.3 Å². The molecule has 0 radical (unpaired) electrons. The molecule has 92 valence electrons.